The molecule has 0 bridgehead atoms. The van der Waals surface area contributed by atoms with Crippen LogP contribution in [0.25, 0.3) is 99.8 Å². The Morgan fingerprint density at radius 2 is 0.810 bits per heavy atom. The van der Waals surface area contributed by atoms with E-state index in [9.17, 15) is 5.11 Å². The van der Waals surface area contributed by atoms with E-state index in [-0.39, 0.29) is 23.5 Å². The quantitative estimate of drug-likeness (QED) is 0.165. The molecule has 1 fully saturated rings. The maximum atomic E-state index is 11.5. The molecular weight excluding hydrogens is 957 g/mol. The molecule has 0 amide bonds. The second-order valence-electron chi connectivity index (χ2n) is 21.9. The molecule has 372 valence electrons. The Labute approximate surface area is 460 Å². The van der Waals surface area contributed by atoms with Crippen LogP contribution in [0.5, 0.6) is 5.75 Å². The summed E-state index contributed by atoms with van der Waals surface area (Å²) in [5, 5.41) is 13.7. The van der Waals surface area contributed by atoms with Gasteiger partial charge in [0, 0.05) is 21.9 Å². The van der Waals surface area contributed by atoms with Crippen molar-refractivity contribution in [3.05, 3.63) is 317 Å². The number of fused-ring (bicyclic) bond motifs is 13. The first-order valence-electron chi connectivity index (χ1n) is 27.7. The number of aryl methyl sites for hydroxylation is 1. The molecule has 3 aliphatic carbocycles. The van der Waals surface area contributed by atoms with Crippen LogP contribution < -0.4 is 0 Å². The zero-order valence-electron chi connectivity index (χ0n) is 43.6. The van der Waals surface area contributed by atoms with Crippen LogP contribution in [0.3, 0.4) is 0 Å². The van der Waals surface area contributed by atoms with Gasteiger partial charge in [-0.25, -0.2) is 0 Å². The largest absolute Gasteiger partial charge is 0.507 e. The van der Waals surface area contributed by atoms with Crippen LogP contribution >= 0.6 is 0 Å². The van der Waals surface area contributed by atoms with Gasteiger partial charge < -0.3 is 9.52 Å². The zero-order valence-corrected chi connectivity index (χ0v) is 43.6. The lowest BCUT2D eigenvalue weighted by atomic mass is 9.70. The molecule has 13 aromatic rings. The minimum absolute atomic E-state index is 0.225. The number of para-hydroxylation sites is 2. The van der Waals surface area contributed by atoms with Crippen LogP contribution in [-0.2, 0) is 5.41 Å². The Kier molecular flexibility index (Phi) is 10.1. The number of hydrogen-bond donors (Lipinski definition) is 1. The Morgan fingerprint density at radius 1 is 0.316 bits per heavy atom. The van der Waals surface area contributed by atoms with Crippen molar-refractivity contribution in [2.75, 3.05) is 0 Å². The minimum atomic E-state index is -0.413. The summed E-state index contributed by atoms with van der Waals surface area (Å²) in [4.78, 5) is 0. The van der Waals surface area contributed by atoms with Crippen molar-refractivity contribution in [1.29, 1.82) is 0 Å². The number of phenolic OH excluding ortho intramolecular Hbond substituents is 1. The Morgan fingerprint density at radius 3 is 1.48 bits per heavy atom. The molecule has 1 saturated carbocycles. The molecule has 1 aromatic heterocycles. The van der Waals surface area contributed by atoms with Crippen LogP contribution in [0.15, 0.2) is 277 Å². The molecule has 3 atom stereocenters. The van der Waals surface area contributed by atoms with Crippen molar-refractivity contribution in [2.45, 2.75) is 30.1 Å². The van der Waals surface area contributed by atoms with Crippen molar-refractivity contribution >= 4 is 21.9 Å². The van der Waals surface area contributed by atoms with Crippen LogP contribution in [0.2, 0.25) is 0 Å². The highest BCUT2D eigenvalue weighted by Crippen LogP contribution is 2.71. The lowest BCUT2D eigenvalue weighted by molar-refractivity contribution is 0.477. The maximum Gasteiger partial charge on any atom is 0.136 e. The summed E-state index contributed by atoms with van der Waals surface area (Å²) in [7, 11) is 0. The van der Waals surface area contributed by atoms with Gasteiger partial charge in [0.1, 0.15) is 16.9 Å². The number of rotatable bonds is 8. The summed E-state index contributed by atoms with van der Waals surface area (Å²) in [6.45, 7) is 2.15. The van der Waals surface area contributed by atoms with E-state index in [0.717, 1.165) is 72.0 Å². The Bertz CT molecular complexity index is 4520. The predicted octanol–water partition coefficient (Wildman–Crippen LogP) is 19.9. The third kappa shape index (κ3) is 6.71. The molecule has 1 heterocycles. The number of benzene rings is 12. The molecule has 3 aliphatic rings. The van der Waals surface area contributed by atoms with Gasteiger partial charge in [0.15, 0.2) is 0 Å². The van der Waals surface area contributed by atoms with E-state index < -0.39 is 5.41 Å². The van der Waals surface area contributed by atoms with E-state index in [0.29, 0.717) is 0 Å². The molecular formula is C77H52O2. The van der Waals surface area contributed by atoms with Crippen molar-refractivity contribution in [2.24, 2.45) is 0 Å². The fourth-order valence-electron chi connectivity index (χ4n) is 14.6. The highest BCUT2D eigenvalue weighted by atomic mass is 16.3. The molecule has 0 saturated heterocycles. The van der Waals surface area contributed by atoms with Crippen LogP contribution in [0.1, 0.15) is 62.3 Å². The van der Waals surface area contributed by atoms with E-state index in [1.165, 1.54) is 72.3 Å². The number of phenols is 1. The highest BCUT2D eigenvalue weighted by Gasteiger charge is 2.57. The summed E-state index contributed by atoms with van der Waals surface area (Å²) in [6.07, 6.45) is 0. The number of hydrogen-bond acceptors (Lipinski definition) is 2. The average molecular weight is 1010 g/mol. The molecule has 2 nitrogen and oxygen atoms in total. The smallest absolute Gasteiger partial charge is 0.136 e. The van der Waals surface area contributed by atoms with E-state index in [1.54, 1.807) is 6.07 Å². The molecule has 1 N–H and O–H groups in total. The lowest BCUT2D eigenvalue weighted by Gasteiger charge is -2.30. The average Bonchev–Trinajstić information content (AvgIpc) is 4.08. The van der Waals surface area contributed by atoms with Crippen molar-refractivity contribution in [1.82, 2.24) is 0 Å². The van der Waals surface area contributed by atoms with Gasteiger partial charge >= 0.3 is 0 Å². The van der Waals surface area contributed by atoms with Gasteiger partial charge in [-0.15, -0.1) is 0 Å². The highest BCUT2D eigenvalue weighted by molar-refractivity contribution is 6.17. The van der Waals surface area contributed by atoms with Gasteiger partial charge in [-0.2, -0.15) is 0 Å². The van der Waals surface area contributed by atoms with Crippen molar-refractivity contribution in [3.8, 4) is 83.6 Å². The molecule has 0 radical (unpaired) electrons. The molecule has 1 spiro atoms. The van der Waals surface area contributed by atoms with Gasteiger partial charge in [0.05, 0.1) is 5.41 Å². The Hall–Kier alpha value is -9.76. The summed E-state index contributed by atoms with van der Waals surface area (Å²) >= 11 is 0. The number of furan rings is 1. The van der Waals surface area contributed by atoms with E-state index >= 15 is 0 Å². The first-order valence-corrected chi connectivity index (χ1v) is 27.7. The van der Waals surface area contributed by atoms with Gasteiger partial charge in [-0.05, 0) is 160 Å². The van der Waals surface area contributed by atoms with Crippen molar-refractivity contribution in [3.63, 3.8) is 0 Å². The standard InChI is InChI=1S/C77H52O2/c1-47-35-44-56(70(50-21-6-3-7-22-50)69(47)59-26-11-16-33-66(59)78)57-45-46-68-75(60-27-12-17-34-67(60)79-68)71(57)51-40-42-53(43-41-51)73-72(52-38-36-49(37-39-52)48-19-4-2-5-20-48)76(73)61-28-18-32-65-74(61)58-25-10-15-31-64(58)77(65)62-29-13-8-23-54(62)55-24-9-14-30-63(55)77/h2-46,72-73,76,78H,1H3. The topological polar surface area (TPSA) is 33.4 Å². The van der Waals surface area contributed by atoms with Gasteiger partial charge in [0.2, 0.25) is 0 Å². The predicted molar refractivity (Wildman–Crippen MR) is 325 cm³/mol. The second kappa shape index (κ2) is 17.6. The summed E-state index contributed by atoms with van der Waals surface area (Å²) in [5.41, 5.74) is 28.2. The second-order valence-corrected chi connectivity index (χ2v) is 21.9. The van der Waals surface area contributed by atoms with E-state index in [4.69, 9.17) is 4.42 Å². The van der Waals surface area contributed by atoms with Crippen molar-refractivity contribution < 1.29 is 9.52 Å². The Balaban J connectivity index is 0.886. The molecule has 0 aliphatic heterocycles. The van der Waals surface area contributed by atoms with Crippen LogP contribution in [-0.4, -0.2) is 5.11 Å². The van der Waals surface area contributed by atoms with Crippen LogP contribution in [0, 0.1) is 6.92 Å². The molecule has 2 heteroatoms. The van der Waals surface area contributed by atoms with E-state index in [2.05, 4.69) is 256 Å². The third-order valence-electron chi connectivity index (χ3n) is 17.9. The normalized spacial score (nSPS) is 16.2. The number of aromatic hydroxyl groups is 1. The zero-order chi connectivity index (χ0) is 52.3. The van der Waals surface area contributed by atoms with Gasteiger partial charge in [-0.1, -0.05) is 249 Å². The molecule has 16 rings (SSSR count). The fourth-order valence-corrected chi connectivity index (χ4v) is 14.6. The monoisotopic (exact) mass is 1010 g/mol. The minimum Gasteiger partial charge on any atom is -0.507 e. The van der Waals surface area contributed by atoms with E-state index in [1.807, 2.05) is 18.2 Å². The SMILES string of the molecule is Cc1ccc(-c2ccc3oc4ccccc4c3c2-c2ccc(C3C(c4ccc(-c5ccccc5)cc4)C3c3cccc4c3-c3ccccc3C43c4ccccc4-c4ccccc43)cc2)c(-c2ccccc2)c1-c1ccccc1O. The first kappa shape index (κ1) is 45.4. The summed E-state index contributed by atoms with van der Waals surface area (Å²) < 4.78 is 6.68. The molecule has 79 heavy (non-hydrogen) atoms. The van der Waals surface area contributed by atoms with Gasteiger partial charge in [-0.3, -0.25) is 0 Å². The molecule has 12 aromatic carbocycles. The fraction of sp³-hybridized carbons (Fsp3) is 0.0649. The third-order valence-corrected chi connectivity index (χ3v) is 17.9. The summed E-state index contributed by atoms with van der Waals surface area (Å²) in [5.74, 6) is 0.959. The maximum absolute atomic E-state index is 11.5. The summed E-state index contributed by atoms with van der Waals surface area (Å²) in [6, 6.07) is 100. The molecule has 3 unspecified atom stereocenters. The van der Waals surface area contributed by atoms with Crippen LogP contribution in [0.4, 0.5) is 0 Å². The first-order chi connectivity index (χ1) is 39.1. The lowest BCUT2D eigenvalue weighted by Crippen LogP contribution is -2.25. The van der Waals surface area contributed by atoms with Gasteiger partial charge in [0.25, 0.3) is 0 Å².